The van der Waals surface area contributed by atoms with Gasteiger partial charge in [0.05, 0.1) is 5.56 Å². The molecule has 0 spiro atoms. The third kappa shape index (κ3) is 3.05. The Morgan fingerprint density at radius 2 is 1.96 bits per heavy atom. The monoisotopic (exact) mass is 358 g/mol. The van der Waals surface area contributed by atoms with Crippen molar-refractivity contribution in [2.24, 2.45) is 5.92 Å². The van der Waals surface area contributed by atoms with E-state index in [1.54, 1.807) is 12.1 Å². The lowest BCUT2D eigenvalue weighted by Gasteiger charge is -2.17. The normalized spacial score (nSPS) is 22.3. The summed E-state index contributed by atoms with van der Waals surface area (Å²) >= 11 is 0. The van der Waals surface area contributed by atoms with Gasteiger partial charge in [-0.05, 0) is 42.8 Å². The van der Waals surface area contributed by atoms with E-state index in [0.29, 0.717) is 29.7 Å². The van der Waals surface area contributed by atoms with Gasteiger partial charge in [0.15, 0.2) is 0 Å². The highest BCUT2D eigenvalue weighted by molar-refractivity contribution is 5.96. The molecule has 2 aliphatic heterocycles. The minimum atomic E-state index is -0.644. The van der Waals surface area contributed by atoms with Crippen molar-refractivity contribution in [3.8, 4) is 5.75 Å². The highest BCUT2D eigenvalue weighted by atomic mass is 19.1. The molecule has 0 unspecified atom stereocenters. The van der Waals surface area contributed by atoms with Crippen LogP contribution >= 0.6 is 0 Å². The van der Waals surface area contributed by atoms with Gasteiger partial charge < -0.3 is 15.0 Å². The van der Waals surface area contributed by atoms with E-state index >= 15 is 0 Å². The van der Waals surface area contributed by atoms with E-state index in [1.807, 2.05) is 6.07 Å². The molecule has 2 aromatic rings. The Labute approximate surface area is 150 Å². The van der Waals surface area contributed by atoms with Crippen molar-refractivity contribution in [2.75, 3.05) is 26.7 Å². The molecule has 1 saturated heterocycles. The first-order valence-corrected chi connectivity index (χ1v) is 8.69. The predicted octanol–water partition coefficient (Wildman–Crippen LogP) is 2.93. The molecule has 4 nitrogen and oxygen atoms in total. The van der Waals surface area contributed by atoms with Crippen LogP contribution < -0.4 is 10.1 Å². The van der Waals surface area contributed by atoms with Crippen molar-refractivity contribution in [1.29, 1.82) is 0 Å². The largest absolute Gasteiger partial charge is 0.489 e. The van der Waals surface area contributed by atoms with Crippen molar-refractivity contribution in [2.45, 2.75) is 12.5 Å². The average molecular weight is 358 g/mol. The number of fused-ring (bicyclic) bond motifs is 3. The van der Waals surface area contributed by atoms with Crippen LogP contribution in [-0.4, -0.2) is 37.5 Å². The number of halogens is 2. The van der Waals surface area contributed by atoms with Crippen LogP contribution in [0.15, 0.2) is 36.4 Å². The van der Waals surface area contributed by atoms with Crippen molar-refractivity contribution in [3.63, 3.8) is 0 Å². The smallest absolute Gasteiger partial charge is 0.251 e. The van der Waals surface area contributed by atoms with Gasteiger partial charge in [-0.15, -0.1) is 0 Å². The molecule has 2 heterocycles. The summed E-state index contributed by atoms with van der Waals surface area (Å²) in [6.07, 6.45) is 0. The highest BCUT2D eigenvalue weighted by Crippen LogP contribution is 2.36. The molecule has 26 heavy (non-hydrogen) atoms. The first-order chi connectivity index (χ1) is 12.5. The summed E-state index contributed by atoms with van der Waals surface area (Å²) in [7, 11) is 2.08. The molecule has 1 amide bonds. The van der Waals surface area contributed by atoms with Crippen molar-refractivity contribution in [1.82, 2.24) is 10.2 Å². The summed E-state index contributed by atoms with van der Waals surface area (Å²) in [5.74, 6) is -0.300. The molecule has 1 fully saturated rings. The second-order valence-corrected chi connectivity index (χ2v) is 7.04. The molecule has 6 heteroatoms. The Balaban J connectivity index is 1.59. The summed E-state index contributed by atoms with van der Waals surface area (Å²) in [6.45, 7) is 2.29. The number of rotatable bonds is 3. The number of likely N-dealkylation sites (N-methyl/N-ethyl adjacent to an activating group) is 1. The van der Waals surface area contributed by atoms with Gasteiger partial charge in [-0.25, -0.2) is 8.78 Å². The van der Waals surface area contributed by atoms with Crippen LogP contribution in [0.5, 0.6) is 5.75 Å². The number of ether oxygens (including phenoxy) is 1. The third-order valence-corrected chi connectivity index (χ3v) is 5.26. The zero-order chi connectivity index (χ0) is 18.3. The maximum Gasteiger partial charge on any atom is 0.251 e. The first kappa shape index (κ1) is 17.0. The molecular formula is C20H20F2N2O2. The SMILES string of the molecule is CN1C[C@@H]2CNC(=O)c3cc(OCc4c(F)cccc4F)ccc3[C@H]2C1. The van der Waals surface area contributed by atoms with E-state index in [1.165, 1.54) is 18.2 Å². The lowest BCUT2D eigenvalue weighted by atomic mass is 9.87. The lowest BCUT2D eigenvalue weighted by Crippen LogP contribution is -2.29. The quantitative estimate of drug-likeness (QED) is 0.917. The average Bonchev–Trinajstić information content (AvgIpc) is 2.94. The first-order valence-electron chi connectivity index (χ1n) is 8.69. The lowest BCUT2D eigenvalue weighted by molar-refractivity contribution is 0.0951. The van der Waals surface area contributed by atoms with Gasteiger partial charge in [0.1, 0.15) is 24.0 Å². The molecule has 0 aromatic heterocycles. The molecule has 1 N–H and O–H groups in total. The van der Waals surface area contributed by atoms with Gasteiger partial charge in [0.2, 0.25) is 0 Å². The Bertz CT molecular complexity index is 835. The number of amides is 1. The summed E-state index contributed by atoms with van der Waals surface area (Å²) in [4.78, 5) is 14.7. The standard InChI is InChI=1S/C20H20F2N2O2/c1-24-9-12-8-23-20(25)15-7-13(5-6-14(15)16(12)10-24)26-11-17-18(21)3-2-4-19(17)22/h2-7,12,16H,8-11H2,1H3,(H,23,25)/t12-,16-/m0/s1. The second-order valence-electron chi connectivity index (χ2n) is 7.04. The van der Waals surface area contributed by atoms with Gasteiger partial charge >= 0.3 is 0 Å². The number of nitrogens with zero attached hydrogens (tertiary/aromatic N) is 1. The zero-order valence-corrected chi connectivity index (χ0v) is 14.5. The van der Waals surface area contributed by atoms with Gasteiger partial charge in [0.25, 0.3) is 5.91 Å². The third-order valence-electron chi connectivity index (χ3n) is 5.26. The molecule has 136 valence electrons. The summed E-state index contributed by atoms with van der Waals surface area (Å²) < 4.78 is 33.0. The van der Waals surface area contributed by atoms with Gasteiger partial charge in [-0.1, -0.05) is 12.1 Å². The Kier molecular flexibility index (Phi) is 4.36. The number of nitrogens with one attached hydrogen (secondary N) is 1. The number of hydrogen-bond acceptors (Lipinski definition) is 3. The predicted molar refractivity (Wildman–Crippen MR) is 93.2 cm³/mol. The molecule has 0 radical (unpaired) electrons. The minimum Gasteiger partial charge on any atom is -0.489 e. The molecular weight excluding hydrogens is 338 g/mol. The fourth-order valence-electron chi connectivity index (χ4n) is 3.94. The van der Waals surface area contributed by atoms with Crippen molar-refractivity contribution in [3.05, 3.63) is 64.7 Å². The molecule has 2 aliphatic rings. The van der Waals surface area contributed by atoms with E-state index in [0.717, 1.165) is 18.7 Å². The molecule has 0 aliphatic carbocycles. The molecule has 2 atom stereocenters. The van der Waals surface area contributed by atoms with Crippen LogP contribution in [-0.2, 0) is 6.61 Å². The number of hydrogen-bond donors (Lipinski definition) is 1. The topological polar surface area (TPSA) is 41.6 Å². The van der Waals surface area contributed by atoms with E-state index in [-0.39, 0.29) is 18.1 Å². The second kappa shape index (κ2) is 6.68. The van der Waals surface area contributed by atoms with Crippen LogP contribution in [0.1, 0.15) is 27.4 Å². The Morgan fingerprint density at radius 3 is 2.73 bits per heavy atom. The van der Waals surface area contributed by atoms with Crippen LogP contribution in [0.4, 0.5) is 8.78 Å². The molecule has 0 saturated carbocycles. The fourth-order valence-corrected chi connectivity index (χ4v) is 3.94. The summed E-state index contributed by atoms with van der Waals surface area (Å²) in [5.41, 5.74) is 1.47. The Hall–Kier alpha value is -2.47. The van der Waals surface area contributed by atoms with Gasteiger partial charge in [-0.2, -0.15) is 0 Å². The highest BCUT2D eigenvalue weighted by Gasteiger charge is 2.36. The summed E-state index contributed by atoms with van der Waals surface area (Å²) in [6, 6.07) is 9.06. The van der Waals surface area contributed by atoms with E-state index in [2.05, 4.69) is 17.3 Å². The molecule has 4 rings (SSSR count). The Morgan fingerprint density at radius 1 is 1.19 bits per heavy atom. The molecule has 0 bridgehead atoms. The van der Waals surface area contributed by atoms with E-state index < -0.39 is 11.6 Å². The van der Waals surface area contributed by atoms with Crippen LogP contribution in [0, 0.1) is 17.6 Å². The van der Waals surface area contributed by atoms with E-state index in [9.17, 15) is 13.6 Å². The van der Waals surface area contributed by atoms with Crippen LogP contribution in [0.25, 0.3) is 0 Å². The van der Waals surface area contributed by atoms with Gasteiger partial charge in [0, 0.05) is 31.1 Å². The minimum absolute atomic E-state index is 0.121. The fraction of sp³-hybridized carbons (Fsp3) is 0.350. The van der Waals surface area contributed by atoms with Crippen LogP contribution in [0.2, 0.25) is 0 Å². The maximum atomic E-state index is 13.7. The van der Waals surface area contributed by atoms with E-state index in [4.69, 9.17) is 4.74 Å². The number of carbonyl (C=O) groups excluding carboxylic acids is 1. The number of carbonyl (C=O) groups is 1. The number of benzene rings is 2. The molecule has 2 aromatic carbocycles. The van der Waals surface area contributed by atoms with Crippen molar-refractivity contribution < 1.29 is 18.3 Å². The zero-order valence-electron chi connectivity index (χ0n) is 14.5. The summed E-state index contributed by atoms with van der Waals surface area (Å²) in [5, 5.41) is 2.97. The van der Waals surface area contributed by atoms with Gasteiger partial charge in [-0.3, -0.25) is 4.79 Å². The maximum absolute atomic E-state index is 13.7. The van der Waals surface area contributed by atoms with Crippen LogP contribution in [0.3, 0.4) is 0 Å². The number of likely N-dealkylation sites (tertiary alicyclic amines) is 1. The van der Waals surface area contributed by atoms with Crippen molar-refractivity contribution >= 4 is 5.91 Å².